The Hall–Kier alpha value is -2.57. The van der Waals surface area contributed by atoms with Gasteiger partial charge in [0, 0.05) is 12.8 Å². The van der Waals surface area contributed by atoms with Crippen molar-refractivity contribution in [3.8, 4) is 0 Å². The number of rotatable bonds is 6. The van der Waals surface area contributed by atoms with Crippen LogP contribution in [0.25, 0.3) is 0 Å². The first-order valence-corrected chi connectivity index (χ1v) is 8.61. The first-order valence-electron chi connectivity index (χ1n) is 8.61. The maximum absolute atomic E-state index is 12.1. The highest BCUT2D eigenvalue weighted by Crippen LogP contribution is 2.26. The van der Waals surface area contributed by atoms with Crippen LogP contribution in [-0.4, -0.2) is 36.8 Å². The van der Waals surface area contributed by atoms with Crippen LogP contribution < -0.4 is 5.32 Å². The number of nitrogens with one attached hydrogen (secondary N) is 1. The van der Waals surface area contributed by atoms with Crippen molar-refractivity contribution in [3.05, 3.63) is 29.3 Å². The third-order valence-electron chi connectivity index (χ3n) is 3.74. The van der Waals surface area contributed by atoms with E-state index in [1.165, 1.54) is 19.2 Å². The van der Waals surface area contributed by atoms with E-state index in [1.807, 2.05) is 20.8 Å². The lowest BCUT2D eigenvalue weighted by atomic mass is 10.1. The van der Waals surface area contributed by atoms with Crippen molar-refractivity contribution < 1.29 is 28.6 Å². The number of ether oxygens (including phenoxy) is 3. The maximum atomic E-state index is 12.1. The highest BCUT2D eigenvalue weighted by molar-refractivity contribution is 6.00. The predicted molar refractivity (Wildman–Crippen MR) is 94.9 cm³/mol. The van der Waals surface area contributed by atoms with Crippen molar-refractivity contribution in [1.82, 2.24) is 0 Å². The second-order valence-electron chi connectivity index (χ2n) is 7.12. The van der Waals surface area contributed by atoms with Gasteiger partial charge in [0.15, 0.2) is 6.23 Å². The van der Waals surface area contributed by atoms with Gasteiger partial charge in [0.2, 0.25) is 0 Å². The molecule has 0 saturated carbocycles. The number of carbonyl (C=O) groups excluding carboxylic acids is 3. The van der Waals surface area contributed by atoms with E-state index in [9.17, 15) is 14.4 Å². The molecule has 1 heterocycles. The van der Waals surface area contributed by atoms with Gasteiger partial charge in [-0.1, -0.05) is 0 Å². The summed E-state index contributed by atoms with van der Waals surface area (Å²) in [5, 5.41) is 3.11. The highest BCUT2D eigenvalue weighted by atomic mass is 16.6. The number of unbranched alkanes of at least 4 members (excludes halogenated alkanes) is 1. The number of fused-ring (bicyclic) bond motifs is 1. The number of hydrogen-bond donors (Lipinski definition) is 1. The van der Waals surface area contributed by atoms with E-state index in [0.717, 1.165) is 0 Å². The van der Waals surface area contributed by atoms with Crippen LogP contribution in [0.2, 0.25) is 0 Å². The summed E-state index contributed by atoms with van der Waals surface area (Å²) in [6.07, 6.45) is 1.70. The number of anilines is 1. The van der Waals surface area contributed by atoms with E-state index >= 15 is 0 Å². The highest BCUT2D eigenvalue weighted by Gasteiger charge is 2.26. The van der Waals surface area contributed by atoms with Crippen LogP contribution in [0.4, 0.5) is 5.69 Å². The van der Waals surface area contributed by atoms with Crippen LogP contribution in [0.3, 0.4) is 0 Å². The first kappa shape index (κ1) is 19.8. The number of carbonyl (C=O) groups is 3. The van der Waals surface area contributed by atoms with Crippen LogP contribution in [0.5, 0.6) is 0 Å². The van der Waals surface area contributed by atoms with Gasteiger partial charge in [0.25, 0.3) is 0 Å². The summed E-state index contributed by atoms with van der Waals surface area (Å²) < 4.78 is 15.3. The molecule has 0 fully saturated rings. The summed E-state index contributed by atoms with van der Waals surface area (Å²) in [5.41, 5.74) is 0.791. The molecule has 142 valence electrons. The van der Waals surface area contributed by atoms with Crippen LogP contribution in [0, 0.1) is 0 Å². The lowest BCUT2D eigenvalue weighted by Crippen LogP contribution is -2.32. The van der Waals surface area contributed by atoms with Gasteiger partial charge in [0.05, 0.1) is 23.9 Å². The van der Waals surface area contributed by atoms with E-state index in [2.05, 4.69) is 5.32 Å². The van der Waals surface area contributed by atoms with Crippen LogP contribution in [0.1, 0.15) is 67.2 Å². The monoisotopic (exact) mass is 363 g/mol. The summed E-state index contributed by atoms with van der Waals surface area (Å²) in [6.45, 7) is 5.49. The zero-order valence-electron chi connectivity index (χ0n) is 15.6. The van der Waals surface area contributed by atoms with Crippen molar-refractivity contribution in [1.29, 1.82) is 0 Å². The Morgan fingerprint density at radius 1 is 1.23 bits per heavy atom. The Balaban J connectivity index is 1.87. The van der Waals surface area contributed by atoms with Gasteiger partial charge in [-0.05, 0) is 51.8 Å². The quantitative estimate of drug-likeness (QED) is 0.471. The summed E-state index contributed by atoms with van der Waals surface area (Å²) in [6, 6.07) is 4.64. The van der Waals surface area contributed by atoms with Crippen molar-refractivity contribution in [2.75, 3.05) is 12.4 Å². The second-order valence-corrected chi connectivity index (χ2v) is 7.12. The van der Waals surface area contributed by atoms with E-state index < -0.39 is 23.8 Å². The fourth-order valence-corrected chi connectivity index (χ4v) is 2.60. The molecule has 2 rings (SSSR count). The number of esters is 3. The molecule has 26 heavy (non-hydrogen) atoms. The predicted octanol–water partition coefficient (Wildman–Crippen LogP) is 3.28. The molecule has 0 aliphatic carbocycles. The van der Waals surface area contributed by atoms with Crippen molar-refractivity contribution in [2.45, 2.75) is 58.3 Å². The van der Waals surface area contributed by atoms with Crippen LogP contribution >= 0.6 is 0 Å². The normalized spacial score (nSPS) is 16.2. The second kappa shape index (κ2) is 8.21. The molecule has 0 saturated heterocycles. The molecule has 1 aliphatic heterocycles. The van der Waals surface area contributed by atoms with E-state index in [4.69, 9.17) is 14.2 Å². The lowest BCUT2D eigenvalue weighted by molar-refractivity contribution is -0.154. The minimum atomic E-state index is -0.499. The van der Waals surface area contributed by atoms with Gasteiger partial charge in [0.1, 0.15) is 5.60 Å². The molecule has 1 N–H and O–H groups in total. The van der Waals surface area contributed by atoms with E-state index in [1.54, 1.807) is 6.07 Å². The number of cyclic esters (lactones) is 1. The van der Waals surface area contributed by atoms with Gasteiger partial charge in [-0.2, -0.15) is 0 Å². The maximum Gasteiger partial charge on any atom is 0.342 e. The molecule has 1 aromatic carbocycles. The minimum Gasteiger partial charge on any atom is -0.465 e. The molecular weight excluding hydrogens is 338 g/mol. The molecule has 0 bridgehead atoms. The Kier molecular flexibility index (Phi) is 6.23. The molecule has 7 heteroatoms. The standard InChI is InChI=1S/C19H25NO6/c1-19(2,3)26-16(21)8-6-5-7-15-20-14-11-12(17(22)24-4)9-10-13(14)18(23)25-15/h9-11,15,20H,5-8H2,1-4H3. The zero-order valence-corrected chi connectivity index (χ0v) is 15.6. The summed E-state index contributed by atoms with van der Waals surface area (Å²) in [5.74, 6) is -1.14. The fraction of sp³-hybridized carbons (Fsp3) is 0.526. The Morgan fingerprint density at radius 2 is 1.96 bits per heavy atom. The zero-order chi connectivity index (χ0) is 19.3. The summed E-state index contributed by atoms with van der Waals surface area (Å²) in [4.78, 5) is 35.4. The van der Waals surface area contributed by atoms with Crippen molar-refractivity contribution in [2.24, 2.45) is 0 Å². The van der Waals surface area contributed by atoms with E-state index in [0.29, 0.717) is 42.5 Å². The molecule has 1 unspecified atom stereocenters. The molecular formula is C19H25NO6. The Bertz CT molecular complexity index is 692. The minimum absolute atomic E-state index is 0.237. The van der Waals surface area contributed by atoms with Gasteiger partial charge in [-0.3, -0.25) is 4.79 Å². The number of hydrogen-bond acceptors (Lipinski definition) is 7. The first-order chi connectivity index (χ1) is 12.2. The SMILES string of the molecule is COC(=O)c1ccc2c(c1)NC(CCCCC(=O)OC(C)(C)C)OC2=O. The van der Waals surface area contributed by atoms with Crippen LogP contribution in [0.15, 0.2) is 18.2 Å². The molecule has 1 aliphatic rings. The molecule has 7 nitrogen and oxygen atoms in total. The topological polar surface area (TPSA) is 90.9 Å². The molecule has 1 aromatic rings. The van der Waals surface area contributed by atoms with Crippen molar-refractivity contribution in [3.63, 3.8) is 0 Å². The summed E-state index contributed by atoms with van der Waals surface area (Å²) >= 11 is 0. The lowest BCUT2D eigenvalue weighted by Gasteiger charge is -2.27. The smallest absolute Gasteiger partial charge is 0.342 e. The Morgan fingerprint density at radius 3 is 2.62 bits per heavy atom. The third kappa shape index (κ3) is 5.47. The van der Waals surface area contributed by atoms with Gasteiger partial charge in [-0.25, -0.2) is 9.59 Å². The third-order valence-corrected chi connectivity index (χ3v) is 3.74. The molecule has 0 spiro atoms. The summed E-state index contributed by atoms with van der Waals surface area (Å²) in [7, 11) is 1.30. The fourth-order valence-electron chi connectivity index (χ4n) is 2.60. The van der Waals surface area contributed by atoms with Crippen molar-refractivity contribution >= 4 is 23.6 Å². The molecule has 0 aromatic heterocycles. The van der Waals surface area contributed by atoms with E-state index in [-0.39, 0.29) is 5.97 Å². The molecule has 0 amide bonds. The number of methoxy groups -OCH3 is 1. The average Bonchev–Trinajstić information content (AvgIpc) is 2.56. The Labute approximate surface area is 153 Å². The number of benzene rings is 1. The molecule has 0 radical (unpaired) electrons. The largest absolute Gasteiger partial charge is 0.465 e. The van der Waals surface area contributed by atoms with Gasteiger partial charge >= 0.3 is 17.9 Å². The van der Waals surface area contributed by atoms with Crippen LogP contribution in [-0.2, 0) is 19.0 Å². The molecule has 1 atom stereocenters. The van der Waals surface area contributed by atoms with Gasteiger partial charge < -0.3 is 19.5 Å². The average molecular weight is 363 g/mol. The van der Waals surface area contributed by atoms with Gasteiger partial charge in [-0.15, -0.1) is 0 Å².